The van der Waals surface area contributed by atoms with Gasteiger partial charge >= 0.3 is 5.97 Å². The van der Waals surface area contributed by atoms with Crippen molar-refractivity contribution in [2.75, 3.05) is 6.54 Å². The molecule has 0 aromatic carbocycles. The minimum Gasteiger partial charge on any atom is -0.480 e. The Balaban J connectivity index is 1.70. The summed E-state index contributed by atoms with van der Waals surface area (Å²) in [4.78, 5) is 62.7. The van der Waals surface area contributed by atoms with Crippen LogP contribution in [-0.2, 0) is 24.0 Å². The SMILES string of the molecule is CCC[C@H](/C=C(\C)CCCCCC(O)CC(C)C(O)(O)C(=O)C(=O)N1CCCCC1C(=O)O)C(=O)CCCC/C=C/C1CCCC(C(C)=O)C1. The highest BCUT2D eigenvalue weighted by Gasteiger charge is 2.47. The van der Waals surface area contributed by atoms with Gasteiger partial charge in [0, 0.05) is 30.7 Å². The van der Waals surface area contributed by atoms with E-state index in [1.807, 2.05) is 0 Å². The minimum absolute atomic E-state index is 0.0590. The standard InChI is InChI=1S/C40H65NO9/c1-5-16-33(36(44)23-12-7-6-10-18-31-19-15-20-32(27-31)30(4)42)25-28(2)17-9-8-11-21-34(43)26-29(3)40(49,50)37(45)38(46)41-24-14-13-22-35(41)39(47)48/h10,18,25,29,31-35,43,49-50H,5-9,11-17,19-24,26-27H2,1-4H3,(H,47,48)/b18-10+,28-25+/t29?,31?,32?,33-,34?,35?/m1/s1. The number of carbonyl (C=O) groups excluding carboxylic acids is 4. The number of piperidine rings is 1. The number of nitrogens with zero attached hydrogens (tertiary/aromatic N) is 1. The first-order valence-corrected chi connectivity index (χ1v) is 19.3. The molecule has 2 aliphatic rings. The number of likely N-dealkylation sites (tertiary alicyclic amines) is 1. The highest BCUT2D eigenvalue weighted by Crippen LogP contribution is 2.31. The highest BCUT2D eigenvalue weighted by molar-refractivity contribution is 6.39. The van der Waals surface area contributed by atoms with E-state index in [-0.39, 0.29) is 31.2 Å². The second-order valence-electron chi connectivity index (χ2n) is 15.1. The largest absolute Gasteiger partial charge is 0.480 e. The van der Waals surface area contributed by atoms with E-state index in [9.17, 15) is 44.4 Å². The van der Waals surface area contributed by atoms with Gasteiger partial charge in [0.1, 0.15) is 17.6 Å². The van der Waals surface area contributed by atoms with Crippen LogP contribution in [0.25, 0.3) is 0 Å². The Morgan fingerprint density at radius 2 is 1.62 bits per heavy atom. The number of rotatable bonds is 23. The number of aliphatic hydroxyl groups excluding tert-OH is 1. The maximum Gasteiger partial charge on any atom is 0.326 e. The lowest BCUT2D eigenvalue weighted by Crippen LogP contribution is -2.57. The second kappa shape index (κ2) is 22.3. The van der Waals surface area contributed by atoms with Crippen LogP contribution in [0.15, 0.2) is 23.8 Å². The molecule has 0 spiro atoms. The molecule has 2 fully saturated rings. The number of ketones is 3. The molecule has 0 bridgehead atoms. The zero-order valence-corrected chi connectivity index (χ0v) is 31.1. The summed E-state index contributed by atoms with van der Waals surface area (Å²) in [5.41, 5.74) is 1.18. The van der Waals surface area contributed by atoms with E-state index in [1.54, 1.807) is 6.92 Å². The average Bonchev–Trinajstić information content (AvgIpc) is 3.08. The maximum atomic E-state index is 13.0. The predicted molar refractivity (Wildman–Crippen MR) is 193 cm³/mol. The molecule has 0 aromatic rings. The molecule has 1 saturated carbocycles. The monoisotopic (exact) mass is 703 g/mol. The number of hydrogen-bond acceptors (Lipinski definition) is 8. The van der Waals surface area contributed by atoms with Crippen molar-refractivity contribution in [3.8, 4) is 0 Å². The molecule has 10 nitrogen and oxygen atoms in total. The van der Waals surface area contributed by atoms with E-state index in [2.05, 4.69) is 32.1 Å². The van der Waals surface area contributed by atoms with Gasteiger partial charge in [-0.3, -0.25) is 19.2 Å². The third-order valence-electron chi connectivity index (χ3n) is 10.7. The second-order valence-corrected chi connectivity index (χ2v) is 15.1. The normalized spacial score (nSPS) is 22.3. The molecule has 1 saturated heterocycles. The summed E-state index contributed by atoms with van der Waals surface area (Å²) in [7, 11) is 0. The summed E-state index contributed by atoms with van der Waals surface area (Å²) in [6, 6.07) is -1.17. The number of Topliss-reactive ketones (excluding diaryl/α,β-unsaturated/α-hetero) is 3. The topological polar surface area (TPSA) is 170 Å². The summed E-state index contributed by atoms with van der Waals surface area (Å²) >= 11 is 0. The fourth-order valence-electron chi connectivity index (χ4n) is 7.48. The first kappa shape index (κ1) is 43.5. The third-order valence-corrected chi connectivity index (χ3v) is 10.7. The van der Waals surface area contributed by atoms with Crippen LogP contribution >= 0.6 is 0 Å². The highest BCUT2D eigenvalue weighted by atomic mass is 16.5. The first-order chi connectivity index (χ1) is 23.7. The van der Waals surface area contributed by atoms with E-state index < -0.39 is 41.5 Å². The van der Waals surface area contributed by atoms with Gasteiger partial charge in [0.2, 0.25) is 5.79 Å². The van der Waals surface area contributed by atoms with E-state index in [4.69, 9.17) is 0 Å². The molecule has 50 heavy (non-hydrogen) atoms. The van der Waals surface area contributed by atoms with E-state index in [0.29, 0.717) is 49.6 Å². The molecule has 1 heterocycles. The van der Waals surface area contributed by atoms with Gasteiger partial charge < -0.3 is 25.3 Å². The lowest BCUT2D eigenvalue weighted by molar-refractivity contribution is -0.207. The quantitative estimate of drug-likeness (QED) is 0.0403. The van der Waals surface area contributed by atoms with Crippen LogP contribution in [0, 0.1) is 23.7 Å². The van der Waals surface area contributed by atoms with Crippen molar-refractivity contribution < 1.29 is 44.4 Å². The van der Waals surface area contributed by atoms with Crippen LogP contribution < -0.4 is 0 Å². The fourth-order valence-corrected chi connectivity index (χ4v) is 7.48. The summed E-state index contributed by atoms with van der Waals surface area (Å²) in [6.45, 7) is 7.29. The van der Waals surface area contributed by atoms with Gasteiger partial charge in [0.25, 0.3) is 11.7 Å². The van der Waals surface area contributed by atoms with Crippen molar-refractivity contribution in [2.24, 2.45) is 23.7 Å². The van der Waals surface area contributed by atoms with Gasteiger partial charge in [-0.1, -0.05) is 63.3 Å². The van der Waals surface area contributed by atoms with Gasteiger partial charge in [-0.05, 0) is 110 Å². The number of unbranched alkanes of at least 4 members (excludes halogenated alkanes) is 4. The zero-order chi connectivity index (χ0) is 37.3. The third kappa shape index (κ3) is 14.5. The lowest BCUT2D eigenvalue weighted by atomic mass is 9.79. The molecule has 0 radical (unpaired) electrons. The number of carboxylic acid groups (broad SMARTS) is 1. The Morgan fingerprint density at radius 3 is 2.30 bits per heavy atom. The van der Waals surface area contributed by atoms with Crippen LogP contribution in [0.4, 0.5) is 0 Å². The predicted octanol–water partition coefficient (Wildman–Crippen LogP) is 6.48. The number of carboxylic acids is 1. The van der Waals surface area contributed by atoms with Crippen LogP contribution in [0.3, 0.4) is 0 Å². The number of aliphatic hydroxyl groups is 3. The number of hydrogen-bond donors (Lipinski definition) is 4. The molecule has 5 unspecified atom stereocenters. The molecule has 2 rings (SSSR count). The van der Waals surface area contributed by atoms with Crippen LogP contribution in [0.5, 0.6) is 0 Å². The molecule has 6 atom stereocenters. The molecular weight excluding hydrogens is 638 g/mol. The van der Waals surface area contributed by atoms with E-state index in [1.165, 1.54) is 12.5 Å². The fraction of sp³-hybridized carbons (Fsp3) is 0.775. The van der Waals surface area contributed by atoms with Crippen molar-refractivity contribution in [1.29, 1.82) is 0 Å². The van der Waals surface area contributed by atoms with Crippen molar-refractivity contribution in [3.63, 3.8) is 0 Å². The van der Waals surface area contributed by atoms with E-state index >= 15 is 0 Å². The van der Waals surface area contributed by atoms with E-state index in [0.717, 1.165) is 81.9 Å². The maximum absolute atomic E-state index is 13.0. The molecule has 284 valence electrons. The molecule has 10 heteroatoms. The molecule has 4 N–H and O–H groups in total. The molecule has 1 aliphatic carbocycles. The molecule has 1 aliphatic heterocycles. The Morgan fingerprint density at radius 1 is 0.900 bits per heavy atom. The smallest absolute Gasteiger partial charge is 0.326 e. The molecular formula is C40H65NO9. The average molecular weight is 704 g/mol. The number of aliphatic carboxylic acids is 1. The number of allylic oxidation sites excluding steroid dienone is 4. The van der Waals surface area contributed by atoms with Gasteiger partial charge in [0.05, 0.1) is 6.10 Å². The zero-order valence-electron chi connectivity index (χ0n) is 31.1. The Hall–Kier alpha value is -2.69. The van der Waals surface area contributed by atoms with Crippen molar-refractivity contribution in [1.82, 2.24) is 4.90 Å². The Kier molecular flexibility index (Phi) is 19.4. The number of carbonyl (C=O) groups is 5. The Bertz CT molecular complexity index is 1180. The summed E-state index contributed by atoms with van der Waals surface area (Å²) in [5.74, 6) is -6.83. The lowest BCUT2D eigenvalue weighted by Gasteiger charge is -2.35. The number of amides is 1. The van der Waals surface area contributed by atoms with Crippen molar-refractivity contribution in [3.05, 3.63) is 23.8 Å². The molecule has 0 aromatic heterocycles. The Labute approximate surface area is 299 Å². The first-order valence-electron chi connectivity index (χ1n) is 19.3. The van der Waals surface area contributed by atoms with Crippen molar-refractivity contribution in [2.45, 2.75) is 168 Å². The van der Waals surface area contributed by atoms with Gasteiger partial charge in [-0.2, -0.15) is 0 Å². The van der Waals surface area contributed by atoms with Gasteiger partial charge in [0.15, 0.2) is 0 Å². The van der Waals surface area contributed by atoms with Crippen molar-refractivity contribution >= 4 is 29.2 Å². The van der Waals surface area contributed by atoms with Gasteiger partial charge in [-0.15, -0.1) is 0 Å². The van der Waals surface area contributed by atoms with Crippen LogP contribution in [0.2, 0.25) is 0 Å². The van der Waals surface area contributed by atoms with Crippen LogP contribution in [0.1, 0.15) is 150 Å². The van der Waals surface area contributed by atoms with Crippen LogP contribution in [-0.4, -0.2) is 79.0 Å². The van der Waals surface area contributed by atoms with Gasteiger partial charge in [-0.25, -0.2) is 4.79 Å². The summed E-state index contributed by atoms with van der Waals surface area (Å²) in [6.07, 6.45) is 20.0. The summed E-state index contributed by atoms with van der Waals surface area (Å²) < 4.78 is 0. The minimum atomic E-state index is -3.01. The molecule has 1 amide bonds. The summed E-state index contributed by atoms with van der Waals surface area (Å²) in [5, 5.41) is 41.1.